The largest absolute Gasteiger partial charge is 0.324 e. The molecule has 1 unspecified atom stereocenters. The molecule has 2 N–H and O–H groups in total. The monoisotopic (exact) mass is 272 g/mol. The summed E-state index contributed by atoms with van der Waals surface area (Å²) in [6.07, 6.45) is 3.53. The molecular formula is C15H20N4O. The number of aromatic nitrogens is 2. The molecule has 0 bridgehead atoms. The highest BCUT2D eigenvalue weighted by molar-refractivity contribution is 5.95. The van der Waals surface area contributed by atoms with Gasteiger partial charge in [0.25, 0.3) is 0 Å². The number of likely N-dealkylation sites (N-methyl/N-ethyl adjacent to an activating group) is 1. The Morgan fingerprint density at radius 1 is 1.30 bits per heavy atom. The summed E-state index contributed by atoms with van der Waals surface area (Å²) in [5.74, 6) is -0.0937. The van der Waals surface area contributed by atoms with Crippen molar-refractivity contribution in [1.29, 1.82) is 0 Å². The number of anilines is 1. The molecule has 0 radical (unpaired) electrons. The van der Waals surface area contributed by atoms with Gasteiger partial charge < -0.3 is 10.6 Å². The minimum atomic E-state index is -0.412. The molecule has 5 heteroatoms. The Hall–Kier alpha value is -2.14. The summed E-state index contributed by atoms with van der Waals surface area (Å²) in [6, 6.07) is 5.48. The maximum atomic E-state index is 12.3. The second-order valence-electron chi connectivity index (χ2n) is 4.96. The first-order valence-corrected chi connectivity index (χ1v) is 6.55. The number of nitrogens with one attached hydrogen (secondary N) is 2. The minimum Gasteiger partial charge on any atom is -0.324 e. The third-order valence-electron chi connectivity index (χ3n) is 3.38. The van der Waals surface area contributed by atoms with Crippen molar-refractivity contribution < 1.29 is 4.79 Å². The molecule has 20 heavy (non-hydrogen) atoms. The van der Waals surface area contributed by atoms with Crippen LogP contribution in [0.15, 0.2) is 30.6 Å². The van der Waals surface area contributed by atoms with E-state index < -0.39 is 6.04 Å². The number of benzene rings is 1. The number of carbonyl (C=O) groups excluding carboxylic acids is 1. The van der Waals surface area contributed by atoms with Gasteiger partial charge in [0.05, 0.1) is 6.20 Å². The Bertz CT molecular complexity index is 618. The van der Waals surface area contributed by atoms with Gasteiger partial charge in [-0.2, -0.15) is 5.10 Å². The molecule has 0 fully saturated rings. The topological polar surface area (TPSA) is 59.0 Å². The van der Waals surface area contributed by atoms with Gasteiger partial charge >= 0.3 is 0 Å². The molecule has 2 aromatic rings. The van der Waals surface area contributed by atoms with Crippen molar-refractivity contribution in [3.63, 3.8) is 0 Å². The van der Waals surface area contributed by atoms with Crippen LogP contribution in [-0.4, -0.2) is 22.7 Å². The first-order chi connectivity index (χ1) is 9.51. The number of amides is 1. The average molecular weight is 272 g/mol. The van der Waals surface area contributed by atoms with Gasteiger partial charge in [0.1, 0.15) is 6.04 Å². The van der Waals surface area contributed by atoms with Crippen LogP contribution in [0, 0.1) is 13.8 Å². The van der Waals surface area contributed by atoms with E-state index >= 15 is 0 Å². The minimum absolute atomic E-state index is 0.0937. The summed E-state index contributed by atoms with van der Waals surface area (Å²) in [4.78, 5) is 12.3. The fourth-order valence-corrected chi connectivity index (χ4v) is 2.07. The Balaban J connectivity index is 2.15. The van der Waals surface area contributed by atoms with Crippen LogP contribution in [0.25, 0.3) is 0 Å². The molecule has 0 aliphatic rings. The Labute approximate surface area is 119 Å². The molecule has 5 nitrogen and oxygen atoms in total. The predicted molar refractivity (Wildman–Crippen MR) is 79.6 cm³/mol. The van der Waals surface area contributed by atoms with Crippen molar-refractivity contribution in [2.45, 2.75) is 19.9 Å². The zero-order valence-corrected chi connectivity index (χ0v) is 12.3. The molecular weight excluding hydrogens is 252 g/mol. The second kappa shape index (κ2) is 5.88. The van der Waals surface area contributed by atoms with Gasteiger partial charge in [0.15, 0.2) is 0 Å². The lowest BCUT2D eigenvalue weighted by molar-refractivity contribution is -0.118. The molecule has 1 heterocycles. The third kappa shape index (κ3) is 3.05. The summed E-state index contributed by atoms with van der Waals surface area (Å²) < 4.78 is 1.68. The number of aryl methyl sites for hydroxylation is 3. The number of rotatable bonds is 4. The van der Waals surface area contributed by atoms with Crippen LogP contribution in [0.1, 0.15) is 22.7 Å². The van der Waals surface area contributed by atoms with Crippen LogP contribution in [0.4, 0.5) is 5.69 Å². The fourth-order valence-electron chi connectivity index (χ4n) is 2.07. The average Bonchev–Trinajstić information content (AvgIpc) is 2.81. The van der Waals surface area contributed by atoms with Crippen molar-refractivity contribution in [1.82, 2.24) is 15.1 Å². The highest BCUT2D eigenvalue weighted by atomic mass is 16.2. The number of hydrogen-bond donors (Lipinski definition) is 2. The lowest BCUT2D eigenvalue weighted by Gasteiger charge is -2.15. The molecule has 1 aromatic carbocycles. The van der Waals surface area contributed by atoms with Crippen LogP contribution >= 0.6 is 0 Å². The van der Waals surface area contributed by atoms with E-state index in [4.69, 9.17) is 0 Å². The maximum Gasteiger partial charge on any atom is 0.246 e. The van der Waals surface area contributed by atoms with Gasteiger partial charge in [-0.15, -0.1) is 0 Å². The van der Waals surface area contributed by atoms with Crippen molar-refractivity contribution in [2.24, 2.45) is 7.05 Å². The van der Waals surface area contributed by atoms with Gasteiger partial charge in [-0.25, -0.2) is 0 Å². The van der Waals surface area contributed by atoms with Crippen LogP contribution in [0.5, 0.6) is 0 Å². The summed E-state index contributed by atoms with van der Waals surface area (Å²) in [6.45, 7) is 4.08. The van der Waals surface area contributed by atoms with Gasteiger partial charge in [0.2, 0.25) is 5.91 Å². The molecule has 0 saturated heterocycles. The summed E-state index contributed by atoms with van der Waals surface area (Å²) in [5, 5.41) is 10.0. The van der Waals surface area contributed by atoms with Crippen molar-refractivity contribution >= 4 is 11.6 Å². The summed E-state index contributed by atoms with van der Waals surface area (Å²) in [7, 11) is 3.59. The predicted octanol–water partition coefficient (Wildman–Crippen LogP) is 1.94. The SMILES string of the molecule is CNC(C(=O)Nc1ccc(C)c(C)c1)c1cnn(C)c1. The summed E-state index contributed by atoms with van der Waals surface area (Å²) in [5.41, 5.74) is 4.02. The van der Waals surface area contributed by atoms with Gasteiger partial charge in [-0.3, -0.25) is 9.48 Å². The van der Waals surface area contributed by atoms with Gasteiger partial charge in [-0.1, -0.05) is 6.07 Å². The first-order valence-electron chi connectivity index (χ1n) is 6.55. The Morgan fingerprint density at radius 2 is 2.05 bits per heavy atom. The van der Waals surface area contributed by atoms with E-state index in [0.29, 0.717) is 0 Å². The smallest absolute Gasteiger partial charge is 0.246 e. The van der Waals surface area contributed by atoms with Crippen LogP contribution in [0.2, 0.25) is 0 Å². The van der Waals surface area contributed by atoms with Gasteiger partial charge in [-0.05, 0) is 44.2 Å². The first kappa shape index (κ1) is 14.3. The van der Waals surface area contributed by atoms with Crippen LogP contribution < -0.4 is 10.6 Å². The second-order valence-corrected chi connectivity index (χ2v) is 4.96. The normalized spacial score (nSPS) is 12.2. The fraction of sp³-hybridized carbons (Fsp3) is 0.333. The quantitative estimate of drug-likeness (QED) is 0.894. The number of nitrogens with zero attached hydrogens (tertiary/aromatic N) is 2. The number of carbonyl (C=O) groups is 1. The van der Waals surface area contributed by atoms with Crippen molar-refractivity contribution in [3.8, 4) is 0 Å². The lowest BCUT2D eigenvalue weighted by atomic mass is 10.1. The third-order valence-corrected chi connectivity index (χ3v) is 3.38. The highest BCUT2D eigenvalue weighted by Gasteiger charge is 2.20. The molecule has 0 aliphatic carbocycles. The molecule has 0 saturated carbocycles. The molecule has 1 atom stereocenters. The van der Waals surface area contributed by atoms with Crippen molar-refractivity contribution in [3.05, 3.63) is 47.3 Å². The van der Waals surface area contributed by atoms with Crippen LogP contribution in [0.3, 0.4) is 0 Å². The molecule has 1 amide bonds. The van der Waals surface area contributed by atoms with E-state index in [1.54, 1.807) is 17.9 Å². The van der Waals surface area contributed by atoms with Crippen molar-refractivity contribution in [2.75, 3.05) is 12.4 Å². The van der Waals surface area contributed by atoms with E-state index in [1.165, 1.54) is 5.56 Å². The number of hydrogen-bond acceptors (Lipinski definition) is 3. The highest BCUT2D eigenvalue weighted by Crippen LogP contribution is 2.17. The maximum absolute atomic E-state index is 12.3. The molecule has 1 aromatic heterocycles. The van der Waals surface area contributed by atoms with E-state index in [-0.39, 0.29) is 5.91 Å². The molecule has 2 rings (SSSR count). The van der Waals surface area contributed by atoms with E-state index in [0.717, 1.165) is 16.8 Å². The Kier molecular flexibility index (Phi) is 4.20. The zero-order valence-electron chi connectivity index (χ0n) is 12.3. The molecule has 0 aliphatic heterocycles. The van der Waals surface area contributed by atoms with Crippen LogP contribution in [-0.2, 0) is 11.8 Å². The zero-order chi connectivity index (χ0) is 14.7. The van der Waals surface area contributed by atoms with E-state index in [9.17, 15) is 4.79 Å². The van der Waals surface area contributed by atoms with E-state index in [2.05, 4.69) is 15.7 Å². The van der Waals surface area contributed by atoms with Gasteiger partial charge in [0, 0.05) is 24.5 Å². The van der Waals surface area contributed by atoms with E-state index in [1.807, 2.05) is 45.3 Å². The summed E-state index contributed by atoms with van der Waals surface area (Å²) >= 11 is 0. The molecule has 0 spiro atoms. The standard InChI is InChI=1S/C15H20N4O/c1-10-5-6-13(7-11(10)2)18-15(20)14(16-3)12-8-17-19(4)9-12/h5-9,14,16H,1-4H3,(H,18,20). The lowest BCUT2D eigenvalue weighted by Crippen LogP contribution is -2.30. The Morgan fingerprint density at radius 3 is 2.60 bits per heavy atom. The molecule has 106 valence electrons.